The molecule has 1 amide bonds. The average Bonchev–Trinajstić information content (AvgIpc) is 2.48. The van der Waals surface area contributed by atoms with Crippen LogP contribution in [0.3, 0.4) is 0 Å². The third kappa shape index (κ3) is 4.85. The fourth-order valence-electron chi connectivity index (χ4n) is 1.58. The molecular weight excluding hydrogens is 354 g/mol. The average molecular weight is 365 g/mol. The van der Waals surface area contributed by atoms with E-state index in [9.17, 15) is 9.59 Å². The predicted octanol–water partition coefficient (Wildman–Crippen LogP) is 4.48. The Morgan fingerprint density at radius 1 is 0.952 bits per heavy atom. The van der Waals surface area contributed by atoms with Gasteiger partial charge in [0.05, 0.1) is 0 Å². The number of carbonyl (C=O) groups excluding carboxylic acids is 2. The molecule has 2 rings (SSSR count). The summed E-state index contributed by atoms with van der Waals surface area (Å²) < 4.78 is 0.892. The molecule has 0 unspecified atom stereocenters. The summed E-state index contributed by atoms with van der Waals surface area (Å²) >= 11 is 9.05. The SMILES string of the molecule is O=C(/C=C/C(=O)c1ccc(Br)cc1)Nc1ccc(Cl)cc1. The summed E-state index contributed by atoms with van der Waals surface area (Å²) in [5.74, 6) is -0.600. The van der Waals surface area contributed by atoms with E-state index in [0.29, 0.717) is 16.3 Å². The zero-order chi connectivity index (χ0) is 15.2. The Kier molecular flexibility index (Phi) is 5.31. The number of hydrogen-bond acceptors (Lipinski definition) is 2. The molecule has 3 nitrogen and oxygen atoms in total. The monoisotopic (exact) mass is 363 g/mol. The number of amides is 1. The second-order valence-corrected chi connectivity index (χ2v) is 5.55. The van der Waals surface area contributed by atoms with E-state index in [4.69, 9.17) is 11.6 Å². The first-order valence-corrected chi connectivity index (χ1v) is 7.26. The Hall–Kier alpha value is -1.91. The molecule has 2 aromatic rings. The van der Waals surface area contributed by atoms with E-state index in [1.165, 1.54) is 12.2 Å². The minimum absolute atomic E-state index is 0.228. The number of nitrogens with one attached hydrogen (secondary N) is 1. The summed E-state index contributed by atoms with van der Waals surface area (Å²) in [7, 11) is 0. The second-order valence-electron chi connectivity index (χ2n) is 4.20. The van der Waals surface area contributed by atoms with Crippen molar-refractivity contribution in [2.45, 2.75) is 0 Å². The minimum Gasteiger partial charge on any atom is -0.323 e. The zero-order valence-corrected chi connectivity index (χ0v) is 13.2. The first-order chi connectivity index (χ1) is 10.0. The lowest BCUT2D eigenvalue weighted by Crippen LogP contribution is -2.08. The van der Waals surface area contributed by atoms with E-state index in [0.717, 1.165) is 4.47 Å². The standard InChI is InChI=1S/C16H11BrClNO2/c17-12-3-1-11(2-4-12)15(20)9-10-16(21)19-14-7-5-13(18)6-8-14/h1-10H,(H,19,21)/b10-9+. The third-order valence-corrected chi connectivity index (χ3v) is 3.41. The van der Waals surface area contributed by atoms with Crippen LogP contribution in [0.25, 0.3) is 0 Å². The van der Waals surface area contributed by atoms with Crippen molar-refractivity contribution in [2.24, 2.45) is 0 Å². The smallest absolute Gasteiger partial charge is 0.248 e. The van der Waals surface area contributed by atoms with Gasteiger partial charge in [-0.05, 0) is 54.6 Å². The van der Waals surface area contributed by atoms with Gasteiger partial charge in [0, 0.05) is 26.8 Å². The number of allylic oxidation sites excluding steroid dienone is 1. The molecule has 0 atom stereocenters. The van der Waals surface area contributed by atoms with Crippen LogP contribution in [0.2, 0.25) is 5.02 Å². The van der Waals surface area contributed by atoms with Gasteiger partial charge in [0.2, 0.25) is 5.91 Å². The molecule has 0 heterocycles. The molecule has 0 saturated carbocycles. The molecule has 5 heteroatoms. The maximum absolute atomic E-state index is 11.9. The first-order valence-electron chi connectivity index (χ1n) is 6.09. The van der Waals surface area contributed by atoms with Crippen molar-refractivity contribution >= 4 is 44.9 Å². The highest BCUT2D eigenvalue weighted by atomic mass is 79.9. The topological polar surface area (TPSA) is 46.2 Å². The maximum atomic E-state index is 11.9. The summed E-state index contributed by atoms with van der Waals surface area (Å²) in [5.41, 5.74) is 1.14. The van der Waals surface area contributed by atoms with Crippen LogP contribution in [0.4, 0.5) is 5.69 Å². The van der Waals surface area contributed by atoms with Gasteiger partial charge < -0.3 is 5.32 Å². The van der Waals surface area contributed by atoms with Crippen molar-refractivity contribution in [3.8, 4) is 0 Å². The van der Waals surface area contributed by atoms with Crippen LogP contribution >= 0.6 is 27.5 Å². The van der Waals surface area contributed by atoms with Crippen molar-refractivity contribution in [1.29, 1.82) is 0 Å². The van der Waals surface area contributed by atoms with E-state index < -0.39 is 0 Å². The summed E-state index contributed by atoms with van der Waals surface area (Å²) in [6.07, 6.45) is 2.45. The second kappa shape index (κ2) is 7.20. The molecule has 0 aliphatic heterocycles. The molecule has 21 heavy (non-hydrogen) atoms. The first kappa shape index (κ1) is 15.5. The van der Waals surface area contributed by atoms with Gasteiger partial charge in [0.25, 0.3) is 0 Å². The third-order valence-electron chi connectivity index (χ3n) is 2.63. The van der Waals surface area contributed by atoms with E-state index in [-0.39, 0.29) is 11.7 Å². The van der Waals surface area contributed by atoms with Crippen LogP contribution < -0.4 is 5.32 Å². The number of hydrogen-bond donors (Lipinski definition) is 1. The molecular formula is C16H11BrClNO2. The quantitative estimate of drug-likeness (QED) is 0.642. The van der Waals surface area contributed by atoms with Gasteiger partial charge in [0.1, 0.15) is 0 Å². The van der Waals surface area contributed by atoms with Crippen molar-refractivity contribution in [3.05, 3.63) is 75.7 Å². The van der Waals surface area contributed by atoms with Crippen LogP contribution in [0.1, 0.15) is 10.4 Å². The Morgan fingerprint density at radius 2 is 1.57 bits per heavy atom. The van der Waals surface area contributed by atoms with Crippen molar-refractivity contribution in [2.75, 3.05) is 5.32 Å². The molecule has 1 N–H and O–H groups in total. The Morgan fingerprint density at radius 3 is 2.19 bits per heavy atom. The molecule has 0 saturated heterocycles. The van der Waals surface area contributed by atoms with Gasteiger partial charge in [-0.2, -0.15) is 0 Å². The van der Waals surface area contributed by atoms with Gasteiger partial charge in [-0.3, -0.25) is 9.59 Å². The van der Waals surface area contributed by atoms with E-state index in [1.807, 2.05) is 0 Å². The highest BCUT2D eigenvalue weighted by molar-refractivity contribution is 9.10. The Balaban J connectivity index is 1.96. The molecule has 0 aliphatic carbocycles. The summed E-state index contributed by atoms with van der Waals surface area (Å²) in [6, 6.07) is 13.6. The number of ketones is 1. The summed E-state index contributed by atoms with van der Waals surface area (Å²) in [6.45, 7) is 0. The Labute approximate surface area is 135 Å². The summed E-state index contributed by atoms with van der Waals surface area (Å²) in [5, 5.41) is 3.23. The molecule has 0 aromatic heterocycles. The normalized spacial score (nSPS) is 10.6. The van der Waals surface area contributed by atoms with Crippen LogP contribution in [-0.4, -0.2) is 11.7 Å². The van der Waals surface area contributed by atoms with E-state index in [2.05, 4.69) is 21.2 Å². The van der Waals surface area contributed by atoms with Gasteiger partial charge in [-0.25, -0.2) is 0 Å². The van der Waals surface area contributed by atoms with Crippen LogP contribution in [0, 0.1) is 0 Å². The molecule has 0 aliphatic rings. The highest BCUT2D eigenvalue weighted by Crippen LogP contribution is 2.13. The molecule has 0 fully saturated rings. The fourth-order valence-corrected chi connectivity index (χ4v) is 1.97. The van der Waals surface area contributed by atoms with Crippen molar-refractivity contribution in [3.63, 3.8) is 0 Å². The highest BCUT2D eigenvalue weighted by Gasteiger charge is 2.03. The number of anilines is 1. The van der Waals surface area contributed by atoms with Crippen molar-refractivity contribution < 1.29 is 9.59 Å². The molecule has 0 radical (unpaired) electrons. The predicted molar refractivity (Wildman–Crippen MR) is 87.7 cm³/mol. The molecule has 0 spiro atoms. The molecule has 2 aromatic carbocycles. The number of rotatable bonds is 4. The maximum Gasteiger partial charge on any atom is 0.248 e. The summed E-state index contributed by atoms with van der Waals surface area (Å²) in [4.78, 5) is 23.6. The number of halogens is 2. The van der Waals surface area contributed by atoms with Crippen LogP contribution in [0.15, 0.2) is 65.2 Å². The van der Waals surface area contributed by atoms with Crippen molar-refractivity contribution in [1.82, 2.24) is 0 Å². The minimum atomic E-state index is -0.372. The van der Waals surface area contributed by atoms with Gasteiger partial charge >= 0.3 is 0 Å². The lowest BCUT2D eigenvalue weighted by molar-refractivity contribution is -0.111. The lowest BCUT2D eigenvalue weighted by Gasteiger charge is -2.01. The van der Waals surface area contributed by atoms with Gasteiger partial charge in [0.15, 0.2) is 5.78 Å². The number of carbonyl (C=O) groups is 2. The molecule has 0 bridgehead atoms. The molecule has 106 valence electrons. The lowest BCUT2D eigenvalue weighted by atomic mass is 10.1. The number of benzene rings is 2. The fraction of sp³-hybridized carbons (Fsp3) is 0. The van der Waals surface area contributed by atoms with Crippen LogP contribution in [-0.2, 0) is 4.79 Å². The van der Waals surface area contributed by atoms with E-state index >= 15 is 0 Å². The van der Waals surface area contributed by atoms with Gasteiger partial charge in [-0.15, -0.1) is 0 Å². The van der Waals surface area contributed by atoms with Gasteiger partial charge in [-0.1, -0.05) is 27.5 Å². The van der Waals surface area contributed by atoms with Crippen LogP contribution in [0.5, 0.6) is 0 Å². The zero-order valence-electron chi connectivity index (χ0n) is 10.8. The largest absolute Gasteiger partial charge is 0.323 e. The Bertz CT molecular complexity index is 678. The van der Waals surface area contributed by atoms with E-state index in [1.54, 1.807) is 48.5 Å².